The van der Waals surface area contributed by atoms with Crippen LogP contribution in [0.15, 0.2) is 28.8 Å². The van der Waals surface area contributed by atoms with E-state index >= 15 is 0 Å². The maximum Gasteiger partial charge on any atom is 0.239 e. The van der Waals surface area contributed by atoms with Gasteiger partial charge in [-0.3, -0.25) is 9.69 Å². The van der Waals surface area contributed by atoms with Crippen molar-refractivity contribution in [3.8, 4) is 0 Å². The van der Waals surface area contributed by atoms with E-state index in [4.69, 9.17) is 4.52 Å². The number of anilines is 2. The summed E-state index contributed by atoms with van der Waals surface area (Å²) in [5.41, 5.74) is 3.96. The van der Waals surface area contributed by atoms with Gasteiger partial charge < -0.3 is 14.7 Å². The summed E-state index contributed by atoms with van der Waals surface area (Å²) in [6, 6.07) is 8.15. The summed E-state index contributed by atoms with van der Waals surface area (Å²) in [7, 11) is 0. The number of piperazine rings is 1. The fourth-order valence-corrected chi connectivity index (χ4v) is 3.04. The molecule has 1 aromatic carbocycles. The highest BCUT2D eigenvalue weighted by molar-refractivity contribution is 5.91. The van der Waals surface area contributed by atoms with Crippen molar-refractivity contribution in [1.29, 1.82) is 0 Å². The maximum atomic E-state index is 12.1. The highest BCUT2D eigenvalue weighted by atomic mass is 16.5. The third-order valence-corrected chi connectivity index (χ3v) is 4.55. The SMILES string of the molecule is Cc1cc(NC(=O)CN2CCN(c3cccc(C)c3C)CC2)no1. The summed E-state index contributed by atoms with van der Waals surface area (Å²) in [5.74, 6) is 1.11. The first-order valence-electron chi connectivity index (χ1n) is 8.29. The topological polar surface area (TPSA) is 61.6 Å². The van der Waals surface area contributed by atoms with Gasteiger partial charge in [-0.1, -0.05) is 17.3 Å². The standard InChI is InChI=1S/C18H24N4O2/c1-13-5-4-6-16(15(13)3)22-9-7-21(8-10-22)12-18(23)19-17-11-14(2)24-20-17/h4-6,11H,7-10,12H2,1-3H3,(H,19,20,23). The van der Waals surface area contributed by atoms with Gasteiger partial charge in [0.25, 0.3) is 0 Å². The zero-order valence-corrected chi connectivity index (χ0v) is 14.5. The van der Waals surface area contributed by atoms with E-state index in [9.17, 15) is 4.79 Å². The fourth-order valence-electron chi connectivity index (χ4n) is 3.04. The molecule has 1 aromatic heterocycles. The monoisotopic (exact) mass is 328 g/mol. The average molecular weight is 328 g/mol. The molecule has 6 nitrogen and oxygen atoms in total. The molecule has 1 amide bonds. The molecule has 0 bridgehead atoms. The van der Waals surface area contributed by atoms with Crippen LogP contribution in [0.4, 0.5) is 11.5 Å². The van der Waals surface area contributed by atoms with Crippen LogP contribution >= 0.6 is 0 Å². The molecule has 128 valence electrons. The van der Waals surface area contributed by atoms with Crippen molar-refractivity contribution < 1.29 is 9.32 Å². The van der Waals surface area contributed by atoms with Crippen LogP contribution in [0.2, 0.25) is 0 Å². The average Bonchev–Trinajstić information content (AvgIpc) is 2.96. The largest absolute Gasteiger partial charge is 0.369 e. The third-order valence-electron chi connectivity index (χ3n) is 4.55. The Balaban J connectivity index is 1.51. The molecule has 1 N–H and O–H groups in total. The van der Waals surface area contributed by atoms with Crippen LogP contribution < -0.4 is 10.2 Å². The Kier molecular flexibility index (Phi) is 4.85. The first-order chi connectivity index (χ1) is 11.5. The minimum atomic E-state index is -0.0523. The summed E-state index contributed by atoms with van der Waals surface area (Å²) < 4.78 is 4.95. The van der Waals surface area contributed by atoms with Crippen LogP contribution in [0, 0.1) is 20.8 Å². The number of nitrogens with one attached hydrogen (secondary N) is 1. The number of amides is 1. The number of hydrogen-bond donors (Lipinski definition) is 1. The van der Waals surface area contributed by atoms with E-state index < -0.39 is 0 Å². The molecule has 0 spiro atoms. The lowest BCUT2D eigenvalue weighted by Gasteiger charge is -2.36. The molecule has 24 heavy (non-hydrogen) atoms. The van der Waals surface area contributed by atoms with Gasteiger partial charge in [-0.05, 0) is 38.0 Å². The Labute approximate surface area is 142 Å². The van der Waals surface area contributed by atoms with Gasteiger partial charge in [0.05, 0.1) is 6.54 Å². The number of benzene rings is 1. The summed E-state index contributed by atoms with van der Waals surface area (Å²) in [6.07, 6.45) is 0. The lowest BCUT2D eigenvalue weighted by Crippen LogP contribution is -2.48. The lowest BCUT2D eigenvalue weighted by atomic mass is 10.1. The Morgan fingerprint density at radius 2 is 1.96 bits per heavy atom. The van der Waals surface area contributed by atoms with Crippen molar-refractivity contribution in [1.82, 2.24) is 10.1 Å². The van der Waals surface area contributed by atoms with Gasteiger partial charge in [0.15, 0.2) is 5.82 Å². The Morgan fingerprint density at radius 1 is 1.21 bits per heavy atom. The van der Waals surface area contributed by atoms with Crippen molar-refractivity contribution in [3.05, 3.63) is 41.2 Å². The lowest BCUT2D eigenvalue weighted by molar-refractivity contribution is -0.117. The second-order valence-corrected chi connectivity index (χ2v) is 6.35. The number of rotatable bonds is 4. The predicted octanol–water partition coefficient (Wildman–Crippen LogP) is 2.36. The molecule has 0 unspecified atom stereocenters. The molecular weight excluding hydrogens is 304 g/mol. The molecule has 1 aliphatic rings. The van der Waals surface area contributed by atoms with Gasteiger partial charge in [-0.2, -0.15) is 0 Å². The highest BCUT2D eigenvalue weighted by Gasteiger charge is 2.20. The second kappa shape index (κ2) is 7.05. The maximum absolute atomic E-state index is 12.1. The van der Waals surface area contributed by atoms with Crippen molar-refractivity contribution in [3.63, 3.8) is 0 Å². The van der Waals surface area contributed by atoms with E-state index in [-0.39, 0.29) is 5.91 Å². The van der Waals surface area contributed by atoms with Crippen molar-refractivity contribution >= 4 is 17.4 Å². The number of aromatic nitrogens is 1. The zero-order chi connectivity index (χ0) is 17.1. The van der Waals surface area contributed by atoms with Crippen LogP contribution in [0.1, 0.15) is 16.9 Å². The first-order valence-corrected chi connectivity index (χ1v) is 8.29. The Hall–Kier alpha value is -2.34. The third kappa shape index (κ3) is 3.76. The van der Waals surface area contributed by atoms with E-state index in [0.29, 0.717) is 18.1 Å². The quantitative estimate of drug-likeness (QED) is 0.933. The molecule has 0 aliphatic carbocycles. The highest BCUT2D eigenvalue weighted by Crippen LogP contribution is 2.23. The van der Waals surface area contributed by atoms with Crippen LogP contribution in [0.3, 0.4) is 0 Å². The first kappa shape index (κ1) is 16.5. The minimum absolute atomic E-state index is 0.0523. The smallest absolute Gasteiger partial charge is 0.239 e. The van der Waals surface area contributed by atoms with Gasteiger partial charge in [0.1, 0.15) is 5.76 Å². The second-order valence-electron chi connectivity index (χ2n) is 6.35. The molecule has 0 atom stereocenters. The van der Waals surface area contributed by atoms with Gasteiger partial charge in [0.2, 0.25) is 5.91 Å². The summed E-state index contributed by atoms with van der Waals surface area (Å²) in [4.78, 5) is 16.7. The van der Waals surface area contributed by atoms with Gasteiger partial charge in [-0.25, -0.2) is 0 Å². The molecule has 2 heterocycles. The number of aryl methyl sites for hydroxylation is 2. The van der Waals surface area contributed by atoms with Crippen LogP contribution in [-0.4, -0.2) is 48.7 Å². The van der Waals surface area contributed by atoms with E-state index in [2.05, 4.69) is 52.3 Å². The van der Waals surface area contributed by atoms with E-state index in [1.807, 2.05) is 0 Å². The number of hydrogen-bond acceptors (Lipinski definition) is 5. The zero-order valence-electron chi connectivity index (χ0n) is 14.5. The number of carbonyl (C=O) groups is 1. The normalized spacial score (nSPS) is 15.5. The molecule has 1 aliphatic heterocycles. The molecule has 1 saturated heterocycles. The van der Waals surface area contributed by atoms with Crippen LogP contribution in [0.25, 0.3) is 0 Å². The van der Waals surface area contributed by atoms with Crippen LogP contribution in [-0.2, 0) is 4.79 Å². The minimum Gasteiger partial charge on any atom is -0.369 e. The van der Waals surface area contributed by atoms with Crippen molar-refractivity contribution in [2.45, 2.75) is 20.8 Å². The molecular formula is C18H24N4O2. The Morgan fingerprint density at radius 3 is 2.62 bits per heavy atom. The van der Waals surface area contributed by atoms with Gasteiger partial charge in [-0.15, -0.1) is 0 Å². The molecule has 0 radical (unpaired) electrons. The summed E-state index contributed by atoms with van der Waals surface area (Å²) >= 11 is 0. The van der Waals surface area contributed by atoms with Crippen molar-refractivity contribution in [2.75, 3.05) is 42.9 Å². The molecule has 2 aromatic rings. The molecule has 3 rings (SSSR count). The molecule has 6 heteroatoms. The van der Waals surface area contributed by atoms with Gasteiger partial charge >= 0.3 is 0 Å². The number of carbonyl (C=O) groups excluding carboxylic acids is 1. The van der Waals surface area contributed by atoms with Gasteiger partial charge in [0, 0.05) is 37.9 Å². The molecule has 0 saturated carbocycles. The van der Waals surface area contributed by atoms with E-state index in [0.717, 1.165) is 26.2 Å². The van der Waals surface area contributed by atoms with E-state index in [1.54, 1.807) is 13.0 Å². The van der Waals surface area contributed by atoms with Crippen LogP contribution in [0.5, 0.6) is 0 Å². The number of nitrogens with zero attached hydrogens (tertiary/aromatic N) is 3. The summed E-state index contributed by atoms with van der Waals surface area (Å²) in [6.45, 7) is 10.1. The molecule has 1 fully saturated rings. The summed E-state index contributed by atoms with van der Waals surface area (Å²) in [5, 5.41) is 6.56. The van der Waals surface area contributed by atoms with Crippen molar-refractivity contribution in [2.24, 2.45) is 0 Å². The fraction of sp³-hybridized carbons (Fsp3) is 0.444. The predicted molar refractivity (Wildman–Crippen MR) is 94.4 cm³/mol. The van der Waals surface area contributed by atoms with E-state index in [1.165, 1.54) is 16.8 Å². The Bertz CT molecular complexity index is 718.